The van der Waals surface area contributed by atoms with Gasteiger partial charge >= 0.3 is 0 Å². The lowest BCUT2D eigenvalue weighted by Crippen LogP contribution is -2.54. The minimum absolute atomic E-state index is 0.122. The first kappa shape index (κ1) is 19.7. The monoisotopic (exact) mass is 398 g/mol. The maximum atomic E-state index is 13.0. The lowest BCUT2D eigenvalue weighted by atomic mass is 10.00. The van der Waals surface area contributed by atoms with Crippen LogP contribution in [0.2, 0.25) is 0 Å². The summed E-state index contributed by atoms with van der Waals surface area (Å²) in [5.41, 5.74) is 1.66. The molecule has 0 bridgehead atoms. The number of amides is 4. The number of nitrogens with zero attached hydrogens (tertiary/aromatic N) is 2. The fourth-order valence-electron chi connectivity index (χ4n) is 4.59. The molecular formula is C21H26N4O4. The quantitative estimate of drug-likeness (QED) is 0.707. The van der Waals surface area contributed by atoms with Gasteiger partial charge in [0.2, 0.25) is 11.8 Å². The Balaban J connectivity index is 1.54. The van der Waals surface area contributed by atoms with Crippen LogP contribution in [0.5, 0.6) is 0 Å². The molecule has 2 atom stereocenters. The van der Waals surface area contributed by atoms with Gasteiger partial charge in [0.05, 0.1) is 11.1 Å². The largest absolute Gasteiger partial charge is 0.318 e. The summed E-state index contributed by atoms with van der Waals surface area (Å²) < 4.78 is 0. The average molecular weight is 398 g/mol. The van der Waals surface area contributed by atoms with Crippen molar-refractivity contribution in [1.82, 2.24) is 20.4 Å². The summed E-state index contributed by atoms with van der Waals surface area (Å²) in [5.74, 6) is -1.87. The van der Waals surface area contributed by atoms with Crippen LogP contribution in [0.1, 0.15) is 58.4 Å². The van der Waals surface area contributed by atoms with Crippen LogP contribution in [0.4, 0.5) is 0 Å². The Labute approximate surface area is 169 Å². The summed E-state index contributed by atoms with van der Waals surface area (Å²) in [4.78, 5) is 52.8. The number of fused-ring (bicyclic) bond motifs is 1. The Morgan fingerprint density at radius 3 is 2.62 bits per heavy atom. The summed E-state index contributed by atoms with van der Waals surface area (Å²) in [6.45, 7) is 2.66. The number of imide groups is 2. The molecule has 1 aromatic rings. The third-order valence-electron chi connectivity index (χ3n) is 6.08. The Kier molecular flexibility index (Phi) is 5.47. The van der Waals surface area contributed by atoms with E-state index in [9.17, 15) is 19.2 Å². The van der Waals surface area contributed by atoms with Gasteiger partial charge in [0.1, 0.15) is 6.04 Å². The van der Waals surface area contributed by atoms with E-state index in [1.54, 1.807) is 12.1 Å². The van der Waals surface area contributed by atoms with Gasteiger partial charge in [-0.1, -0.05) is 12.5 Å². The van der Waals surface area contributed by atoms with Crippen LogP contribution in [0.3, 0.4) is 0 Å². The zero-order valence-electron chi connectivity index (χ0n) is 16.6. The van der Waals surface area contributed by atoms with Gasteiger partial charge in [-0.15, -0.1) is 0 Å². The molecule has 3 aliphatic rings. The molecule has 2 fully saturated rings. The van der Waals surface area contributed by atoms with E-state index in [1.165, 1.54) is 6.42 Å². The van der Waals surface area contributed by atoms with Crippen molar-refractivity contribution in [2.45, 2.75) is 50.7 Å². The molecule has 1 unspecified atom stereocenters. The van der Waals surface area contributed by atoms with E-state index in [4.69, 9.17) is 0 Å². The summed E-state index contributed by atoms with van der Waals surface area (Å²) in [6.07, 6.45) is 3.82. The van der Waals surface area contributed by atoms with Crippen molar-refractivity contribution < 1.29 is 19.2 Å². The Bertz CT molecular complexity index is 866. The van der Waals surface area contributed by atoms with E-state index >= 15 is 0 Å². The Morgan fingerprint density at radius 1 is 1.07 bits per heavy atom. The molecule has 0 spiro atoms. The van der Waals surface area contributed by atoms with E-state index in [2.05, 4.69) is 15.5 Å². The zero-order chi connectivity index (χ0) is 20.5. The maximum Gasteiger partial charge on any atom is 0.262 e. The molecule has 1 aromatic carbocycles. The number of carbonyl (C=O) groups is 4. The molecule has 0 radical (unpaired) electrons. The van der Waals surface area contributed by atoms with Crippen LogP contribution in [0, 0.1) is 0 Å². The van der Waals surface area contributed by atoms with Crippen LogP contribution < -0.4 is 10.6 Å². The van der Waals surface area contributed by atoms with E-state index < -0.39 is 23.8 Å². The number of likely N-dealkylation sites (N-methyl/N-ethyl adjacent to an activating group) is 1. The highest BCUT2D eigenvalue weighted by Gasteiger charge is 2.44. The van der Waals surface area contributed by atoms with Gasteiger partial charge in [-0.2, -0.15) is 0 Å². The predicted octanol–water partition coefficient (Wildman–Crippen LogP) is 0.662. The van der Waals surface area contributed by atoms with Gasteiger partial charge < -0.3 is 5.32 Å². The van der Waals surface area contributed by atoms with Gasteiger partial charge in [-0.25, -0.2) is 0 Å². The highest BCUT2D eigenvalue weighted by atomic mass is 16.2. The van der Waals surface area contributed by atoms with Crippen molar-refractivity contribution in [2.24, 2.45) is 0 Å². The fourth-order valence-corrected chi connectivity index (χ4v) is 4.59. The molecule has 8 nitrogen and oxygen atoms in total. The number of rotatable bonds is 5. The molecule has 4 rings (SSSR count). The first-order valence-electron chi connectivity index (χ1n) is 10.2. The first-order chi connectivity index (χ1) is 14.0. The first-order valence-corrected chi connectivity index (χ1v) is 10.2. The van der Waals surface area contributed by atoms with Crippen molar-refractivity contribution in [3.63, 3.8) is 0 Å². The van der Waals surface area contributed by atoms with Crippen LogP contribution in [0.15, 0.2) is 18.2 Å². The van der Waals surface area contributed by atoms with Gasteiger partial charge in [-0.05, 0) is 50.6 Å². The van der Waals surface area contributed by atoms with E-state index in [0.29, 0.717) is 17.2 Å². The second-order valence-electron chi connectivity index (χ2n) is 8.00. The van der Waals surface area contributed by atoms with E-state index in [-0.39, 0.29) is 18.7 Å². The topological polar surface area (TPSA) is 98.8 Å². The van der Waals surface area contributed by atoms with E-state index in [0.717, 1.165) is 42.9 Å². The number of nitrogens with one attached hydrogen (secondary N) is 2. The molecule has 3 aliphatic heterocycles. The van der Waals surface area contributed by atoms with Gasteiger partial charge in [-0.3, -0.25) is 34.3 Å². The van der Waals surface area contributed by atoms with Crippen molar-refractivity contribution >= 4 is 23.6 Å². The number of likely N-dealkylation sites (tertiary alicyclic amines) is 1. The SMILES string of the molecule is CNC[C@H]1CCCCN1Cc1ccc2c(c1)C(=O)N(C1CCC(=O)NC1=O)C2=O. The van der Waals surface area contributed by atoms with Crippen LogP contribution in [-0.4, -0.2) is 65.6 Å². The minimum Gasteiger partial charge on any atom is -0.318 e. The zero-order valence-corrected chi connectivity index (χ0v) is 16.6. The van der Waals surface area contributed by atoms with Crippen LogP contribution in [0.25, 0.3) is 0 Å². The molecule has 0 saturated carbocycles. The highest BCUT2D eigenvalue weighted by molar-refractivity contribution is 6.23. The number of carbonyl (C=O) groups excluding carboxylic acids is 4. The molecule has 8 heteroatoms. The van der Waals surface area contributed by atoms with Gasteiger partial charge in [0.15, 0.2) is 0 Å². The van der Waals surface area contributed by atoms with Crippen molar-refractivity contribution in [1.29, 1.82) is 0 Å². The van der Waals surface area contributed by atoms with Crippen molar-refractivity contribution in [3.8, 4) is 0 Å². The van der Waals surface area contributed by atoms with Gasteiger partial charge in [0.25, 0.3) is 11.8 Å². The van der Waals surface area contributed by atoms with E-state index in [1.807, 2.05) is 13.1 Å². The minimum atomic E-state index is -0.925. The average Bonchev–Trinajstić information content (AvgIpc) is 2.94. The molecule has 2 N–H and O–H groups in total. The highest BCUT2D eigenvalue weighted by Crippen LogP contribution is 2.29. The normalized spacial score (nSPS) is 25.3. The van der Waals surface area contributed by atoms with Crippen molar-refractivity contribution in [3.05, 3.63) is 34.9 Å². The number of hydrogen-bond donors (Lipinski definition) is 2. The fraction of sp³-hybridized carbons (Fsp3) is 0.524. The molecule has 29 heavy (non-hydrogen) atoms. The lowest BCUT2D eigenvalue weighted by Gasteiger charge is -2.35. The standard InChI is InChI=1S/C21H26N4O4/c1-22-11-14-4-2-3-9-24(14)12-13-5-6-15-16(10-13)21(29)25(20(15)28)17-7-8-18(26)23-19(17)27/h5-6,10,14,17,22H,2-4,7-9,11-12H2,1H3,(H,23,26,27)/t14-,17?/m1/s1. The van der Waals surface area contributed by atoms with Gasteiger partial charge in [0, 0.05) is 25.6 Å². The number of piperidine rings is 2. The van der Waals surface area contributed by atoms with Crippen LogP contribution in [-0.2, 0) is 16.1 Å². The smallest absolute Gasteiger partial charge is 0.262 e. The summed E-state index contributed by atoms with van der Waals surface area (Å²) in [6, 6.07) is 4.90. The summed E-state index contributed by atoms with van der Waals surface area (Å²) >= 11 is 0. The molecule has 0 aromatic heterocycles. The number of hydrogen-bond acceptors (Lipinski definition) is 6. The molecule has 154 valence electrons. The summed E-state index contributed by atoms with van der Waals surface area (Å²) in [7, 11) is 1.95. The molecule has 3 heterocycles. The third kappa shape index (κ3) is 3.70. The Morgan fingerprint density at radius 2 is 1.86 bits per heavy atom. The van der Waals surface area contributed by atoms with Crippen molar-refractivity contribution in [2.75, 3.05) is 20.1 Å². The lowest BCUT2D eigenvalue weighted by molar-refractivity contribution is -0.136. The second kappa shape index (κ2) is 8.04. The maximum absolute atomic E-state index is 13.0. The number of benzene rings is 1. The molecular weight excluding hydrogens is 372 g/mol. The molecule has 2 saturated heterocycles. The molecule has 4 amide bonds. The Hall–Kier alpha value is -2.58. The molecule has 0 aliphatic carbocycles. The predicted molar refractivity (Wildman–Crippen MR) is 105 cm³/mol. The summed E-state index contributed by atoms with van der Waals surface area (Å²) in [5, 5.41) is 5.47. The third-order valence-corrected chi connectivity index (χ3v) is 6.08. The second-order valence-corrected chi connectivity index (χ2v) is 8.00. The van der Waals surface area contributed by atoms with Crippen LogP contribution >= 0.6 is 0 Å².